The number of Topliss-reactive ketones (excluding diaryl/α,β-unsaturated/α-hetero) is 1. The summed E-state index contributed by atoms with van der Waals surface area (Å²) in [7, 11) is 0. The van der Waals surface area contributed by atoms with Gasteiger partial charge in [-0.2, -0.15) is 0 Å². The molecule has 1 aromatic rings. The van der Waals surface area contributed by atoms with Crippen molar-refractivity contribution in [1.82, 2.24) is 4.98 Å². The van der Waals surface area contributed by atoms with Crippen molar-refractivity contribution in [3.63, 3.8) is 0 Å². The smallest absolute Gasteiger partial charge is 0.139 e. The minimum absolute atomic E-state index is 0.112. The molecule has 0 fully saturated rings. The summed E-state index contributed by atoms with van der Waals surface area (Å²) in [6.45, 7) is 5.57. The van der Waals surface area contributed by atoms with Crippen LogP contribution in [0.15, 0.2) is 18.3 Å². The first kappa shape index (κ1) is 11.2. The summed E-state index contributed by atoms with van der Waals surface area (Å²) in [5.74, 6) is 0.143. The first-order valence-corrected chi connectivity index (χ1v) is 5.02. The van der Waals surface area contributed by atoms with Crippen LogP contribution >= 0.6 is 11.6 Å². The molecule has 76 valence electrons. The summed E-state index contributed by atoms with van der Waals surface area (Å²) in [5, 5.41) is 0.571. The van der Waals surface area contributed by atoms with Gasteiger partial charge in [0.15, 0.2) is 0 Å². The highest BCUT2D eigenvalue weighted by Gasteiger charge is 2.23. The van der Waals surface area contributed by atoms with Crippen molar-refractivity contribution in [3.05, 3.63) is 29.0 Å². The molecule has 1 aromatic heterocycles. The second-order valence-corrected chi connectivity index (χ2v) is 4.11. The zero-order chi connectivity index (χ0) is 10.7. The average molecular weight is 212 g/mol. The highest BCUT2D eigenvalue weighted by Crippen LogP contribution is 2.28. The Bertz CT molecular complexity index is 336. The molecule has 0 spiro atoms. The molecule has 0 N–H and O–H groups in total. The summed E-state index contributed by atoms with van der Waals surface area (Å²) in [6, 6.07) is 3.53. The van der Waals surface area contributed by atoms with Gasteiger partial charge in [-0.3, -0.25) is 9.78 Å². The molecule has 0 saturated carbocycles. The molecule has 1 atom stereocenters. The van der Waals surface area contributed by atoms with E-state index in [1.54, 1.807) is 25.3 Å². The van der Waals surface area contributed by atoms with Crippen LogP contribution in [0.3, 0.4) is 0 Å². The van der Waals surface area contributed by atoms with Gasteiger partial charge in [0.25, 0.3) is 0 Å². The Kier molecular flexibility index (Phi) is 3.64. The van der Waals surface area contributed by atoms with E-state index in [9.17, 15) is 4.79 Å². The SMILES string of the molecule is CC(=O)C(c1ncccc1Cl)C(C)C. The van der Waals surface area contributed by atoms with Gasteiger partial charge in [-0.1, -0.05) is 25.4 Å². The van der Waals surface area contributed by atoms with E-state index in [2.05, 4.69) is 4.98 Å². The number of nitrogens with zero attached hydrogens (tertiary/aromatic N) is 1. The van der Waals surface area contributed by atoms with E-state index >= 15 is 0 Å². The van der Waals surface area contributed by atoms with Crippen molar-refractivity contribution in [2.45, 2.75) is 26.7 Å². The molecule has 0 aliphatic heterocycles. The topological polar surface area (TPSA) is 30.0 Å². The molecular formula is C11H14ClNO. The van der Waals surface area contributed by atoms with Gasteiger partial charge in [0.2, 0.25) is 0 Å². The molecule has 0 radical (unpaired) electrons. The van der Waals surface area contributed by atoms with Crippen LogP contribution in [-0.4, -0.2) is 10.8 Å². The van der Waals surface area contributed by atoms with Gasteiger partial charge in [-0.25, -0.2) is 0 Å². The minimum Gasteiger partial charge on any atom is -0.299 e. The number of carbonyl (C=O) groups excluding carboxylic acids is 1. The number of rotatable bonds is 3. The highest BCUT2D eigenvalue weighted by molar-refractivity contribution is 6.31. The van der Waals surface area contributed by atoms with Crippen molar-refractivity contribution < 1.29 is 4.79 Å². The third-order valence-corrected chi connectivity index (χ3v) is 2.51. The lowest BCUT2D eigenvalue weighted by atomic mass is 9.89. The lowest BCUT2D eigenvalue weighted by molar-refractivity contribution is -0.119. The first-order valence-electron chi connectivity index (χ1n) is 4.65. The summed E-state index contributed by atoms with van der Waals surface area (Å²) < 4.78 is 0. The fraction of sp³-hybridized carbons (Fsp3) is 0.455. The van der Waals surface area contributed by atoms with E-state index in [4.69, 9.17) is 11.6 Å². The monoisotopic (exact) mass is 211 g/mol. The number of halogens is 1. The van der Waals surface area contributed by atoms with Crippen molar-refractivity contribution in [1.29, 1.82) is 0 Å². The average Bonchev–Trinajstić information content (AvgIpc) is 2.07. The number of carbonyl (C=O) groups is 1. The zero-order valence-electron chi connectivity index (χ0n) is 8.62. The lowest BCUT2D eigenvalue weighted by Gasteiger charge is -2.17. The highest BCUT2D eigenvalue weighted by atomic mass is 35.5. The maximum absolute atomic E-state index is 11.4. The van der Waals surface area contributed by atoms with Crippen LogP contribution in [0.5, 0.6) is 0 Å². The zero-order valence-corrected chi connectivity index (χ0v) is 9.38. The number of hydrogen-bond acceptors (Lipinski definition) is 2. The van der Waals surface area contributed by atoms with Crippen LogP contribution in [0.1, 0.15) is 32.4 Å². The van der Waals surface area contributed by atoms with Gasteiger partial charge < -0.3 is 0 Å². The van der Waals surface area contributed by atoms with Crippen LogP contribution in [0, 0.1) is 5.92 Å². The second kappa shape index (κ2) is 4.56. The summed E-state index contributed by atoms with van der Waals surface area (Å²) in [5.41, 5.74) is 0.691. The molecule has 2 nitrogen and oxygen atoms in total. The molecule has 0 saturated heterocycles. The Morgan fingerprint density at radius 3 is 2.57 bits per heavy atom. The first-order chi connectivity index (χ1) is 6.54. The third-order valence-electron chi connectivity index (χ3n) is 2.19. The normalized spacial score (nSPS) is 12.9. The maximum Gasteiger partial charge on any atom is 0.139 e. The summed E-state index contributed by atoms with van der Waals surface area (Å²) in [6.07, 6.45) is 1.67. The van der Waals surface area contributed by atoms with Crippen LogP contribution in [0.2, 0.25) is 5.02 Å². The van der Waals surface area contributed by atoms with Crippen molar-refractivity contribution >= 4 is 17.4 Å². The Hall–Kier alpha value is -0.890. The number of pyridine rings is 1. The molecule has 1 heterocycles. The molecule has 3 heteroatoms. The van der Waals surface area contributed by atoms with Gasteiger partial charge >= 0.3 is 0 Å². The van der Waals surface area contributed by atoms with E-state index in [-0.39, 0.29) is 17.6 Å². The predicted molar refractivity (Wildman–Crippen MR) is 57.5 cm³/mol. The van der Waals surface area contributed by atoms with Gasteiger partial charge in [0, 0.05) is 6.20 Å². The van der Waals surface area contributed by atoms with Crippen molar-refractivity contribution in [2.75, 3.05) is 0 Å². The lowest BCUT2D eigenvalue weighted by Crippen LogP contribution is -2.17. The fourth-order valence-corrected chi connectivity index (χ4v) is 1.84. The maximum atomic E-state index is 11.4. The van der Waals surface area contributed by atoms with E-state index in [0.717, 1.165) is 0 Å². The fourth-order valence-electron chi connectivity index (χ4n) is 1.60. The Labute approximate surface area is 89.3 Å². The van der Waals surface area contributed by atoms with Gasteiger partial charge in [0.1, 0.15) is 5.78 Å². The molecule has 1 unspecified atom stereocenters. The third kappa shape index (κ3) is 2.32. The predicted octanol–water partition coefficient (Wildman–Crippen LogP) is 3.06. The van der Waals surface area contributed by atoms with Crippen LogP contribution in [0.4, 0.5) is 0 Å². The van der Waals surface area contributed by atoms with Crippen LogP contribution < -0.4 is 0 Å². The quantitative estimate of drug-likeness (QED) is 0.769. The standard InChI is InChI=1S/C11H14ClNO/c1-7(2)10(8(3)14)11-9(12)5-4-6-13-11/h4-7,10H,1-3H3. The molecule has 0 aromatic carbocycles. The molecule has 0 aliphatic carbocycles. The van der Waals surface area contributed by atoms with E-state index in [1.807, 2.05) is 13.8 Å². The second-order valence-electron chi connectivity index (χ2n) is 3.70. The molecule has 0 bridgehead atoms. The van der Waals surface area contributed by atoms with Crippen LogP contribution in [-0.2, 0) is 4.79 Å². The van der Waals surface area contributed by atoms with Gasteiger partial charge in [0.05, 0.1) is 16.6 Å². The molecule has 1 rings (SSSR count). The Morgan fingerprint density at radius 1 is 1.50 bits per heavy atom. The number of hydrogen-bond donors (Lipinski definition) is 0. The molecule has 0 aliphatic rings. The largest absolute Gasteiger partial charge is 0.299 e. The van der Waals surface area contributed by atoms with E-state index < -0.39 is 0 Å². The van der Waals surface area contributed by atoms with E-state index in [0.29, 0.717) is 10.7 Å². The van der Waals surface area contributed by atoms with Crippen molar-refractivity contribution in [2.24, 2.45) is 5.92 Å². The van der Waals surface area contributed by atoms with Gasteiger partial charge in [-0.15, -0.1) is 0 Å². The van der Waals surface area contributed by atoms with E-state index in [1.165, 1.54) is 0 Å². The summed E-state index contributed by atoms with van der Waals surface area (Å²) in [4.78, 5) is 15.6. The Balaban J connectivity index is 3.12. The van der Waals surface area contributed by atoms with Crippen LogP contribution in [0.25, 0.3) is 0 Å². The van der Waals surface area contributed by atoms with Gasteiger partial charge in [-0.05, 0) is 25.0 Å². The molecule has 0 amide bonds. The minimum atomic E-state index is -0.191. The van der Waals surface area contributed by atoms with Crippen molar-refractivity contribution in [3.8, 4) is 0 Å². The Morgan fingerprint density at radius 2 is 2.14 bits per heavy atom. The summed E-state index contributed by atoms with van der Waals surface area (Å²) >= 11 is 5.99. The number of aromatic nitrogens is 1. The number of ketones is 1. The molecular weight excluding hydrogens is 198 g/mol. The molecule has 14 heavy (non-hydrogen) atoms.